The second kappa shape index (κ2) is 6.29. The molecule has 5 heteroatoms. The molecule has 18 heavy (non-hydrogen) atoms. The van der Waals surface area contributed by atoms with Gasteiger partial charge in [0.05, 0.1) is 9.77 Å². The summed E-state index contributed by atoms with van der Waals surface area (Å²) < 4.78 is 2.91. The summed E-state index contributed by atoms with van der Waals surface area (Å²) in [6.07, 6.45) is 5.62. The summed E-state index contributed by atoms with van der Waals surface area (Å²) in [6.45, 7) is 6.30. The van der Waals surface area contributed by atoms with Crippen molar-refractivity contribution in [1.29, 1.82) is 0 Å². The van der Waals surface area contributed by atoms with Crippen LogP contribution in [0.25, 0.3) is 5.82 Å². The number of rotatable bonds is 5. The first kappa shape index (κ1) is 13.5. The molecule has 0 bridgehead atoms. The Morgan fingerprint density at radius 1 is 1.44 bits per heavy atom. The minimum absolute atomic E-state index is 0.666. The van der Waals surface area contributed by atoms with E-state index in [9.17, 15) is 0 Å². The molecule has 0 saturated carbocycles. The van der Waals surface area contributed by atoms with Crippen molar-refractivity contribution in [3.63, 3.8) is 0 Å². The quantitative estimate of drug-likeness (QED) is 0.838. The zero-order valence-electron chi connectivity index (χ0n) is 10.6. The third-order valence-corrected chi connectivity index (χ3v) is 3.03. The molecule has 0 fully saturated rings. The molecule has 0 radical (unpaired) electrons. The van der Waals surface area contributed by atoms with Crippen molar-refractivity contribution >= 4 is 22.6 Å². The van der Waals surface area contributed by atoms with Gasteiger partial charge in [0.1, 0.15) is 0 Å². The highest BCUT2D eigenvalue weighted by atomic mass is 127. The Morgan fingerprint density at radius 3 is 2.94 bits per heavy atom. The highest BCUT2D eigenvalue weighted by Crippen LogP contribution is 2.09. The third-order valence-electron chi connectivity index (χ3n) is 2.48. The molecule has 0 unspecified atom stereocenters. The van der Waals surface area contributed by atoms with Crippen molar-refractivity contribution < 1.29 is 0 Å². The molecule has 0 atom stereocenters. The summed E-state index contributed by atoms with van der Waals surface area (Å²) >= 11 is 2.24. The second-order valence-electron chi connectivity index (χ2n) is 4.65. The van der Waals surface area contributed by atoms with E-state index in [1.807, 2.05) is 24.7 Å². The topological polar surface area (TPSA) is 42.7 Å². The highest BCUT2D eigenvalue weighted by Gasteiger charge is 2.02. The predicted octanol–water partition coefficient (Wildman–Crippen LogP) is 2.62. The minimum atomic E-state index is 0.666. The van der Waals surface area contributed by atoms with Crippen LogP contribution in [-0.4, -0.2) is 21.3 Å². The van der Waals surface area contributed by atoms with Crippen molar-refractivity contribution in [2.75, 3.05) is 6.54 Å². The maximum Gasteiger partial charge on any atom is 0.153 e. The van der Waals surface area contributed by atoms with Gasteiger partial charge in [-0.1, -0.05) is 13.8 Å². The Balaban J connectivity index is 2.05. The average Bonchev–Trinajstić information content (AvgIpc) is 2.76. The van der Waals surface area contributed by atoms with Crippen molar-refractivity contribution in [3.05, 3.63) is 39.9 Å². The summed E-state index contributed by atoms with van der Waals surface area (Å²) in [5, 5.41) is 7.69. The van der Waals surface area contributed by atoms with Gasteiger partial charge < -0.3 is 5.32 Å². The van der Waals surface area contributed by atoms with Gasteiger partial charge in [-0.3, -0.25) is 0 Å². The van der Waals surface area contributed by atoms with Crippen LogP contribution in [0.4, 0.5) is 0 Å². The largest absolute Gasteiger partial charge is 0.312 e. The van der Waals surface area contributed by atoms with Gasteiger partial charge in [-0.05, 0) is 52.7 Å². The van der Waals surface area contributed by atoms with Crippen LogP contribution in [0.3, 0.4) is 0 Å². The molecule has 0 amide bonds. The first-order valence-corrected chi connectivity index (χ1v) is 7.09. The van der Waals surface area contributed by atoms with E-state index in [1.54, 1.807) is 4.68 Å². The minimum Gasteiger partial charge on any atom is -0.312 e. The molecule has 0 spiro atoms. The van der Waals surface area contributed by atoms with E-state index in [0.717, 1.165) is 22.5 Å². The fourth-order valence-electron chi connectivity index (χ4n) is 1.63. The van der Waals surface area contributed by atoms with Crippen LogP contribution in [0.5, 0.6) is 0 Å². The van der Waals surface area contributed by atoms with Crippen molar-refractivity contribution in [3.8, 4) is 5.82 Å². The molecule has 2 aromatic rings. The Bertz CT molecular complexity index is 507. The van der Waals surface area contributed by atoms with Crippen molar-refractivity contribution in [1.82, 2.24) is 20.1 Å². The lowest BCUT2D eigenvalue weighted by Crippen LogP contribution is -2.19. The Kier molecular flexibility index (Phi) is 4.71. The number of nitrogens with zero attached hydrogens (tertiary/aromatic N) is 3. The summed E-state index contributed by atoms with van der Waals surface area (Å²) in [5.41, 5.74) is 1.23. The molecule has 2 aromatic heterocycles. The maximum absolute atomic E-state index is 4.34. The van der Waals surface area contributed by atoms with Crippen LogP contribution in [0.1, 0.15) is 19.4 Å². The number of aromatic nitrogens is 3. The summed E-state index contributed by atoms with van der Waals surface area (Å²) in [4.78, 5) is 4.34. The lowest BCUT2D eigenvalue weighted by molar-refractivity contribution is 0.552. The van der Waals surface area contributed by atoms with Crippen LogP contribution in [0, 0.1) is 9.49 Å². The van der Waals surface area contributed by atoms with Crippen LogP contribution >= 0.6 is 22.6 Å². The van der Waals surface area contributed by atoms with Crippen LogP contribution in [-0.2, 0) is 6.54 Å². The molecule has 2 heterocycles. The number of hydrogen-bond acceptors (Lipinski definition) is 3. The summed E-state index contributed by atoms with van der Waals surface area (Å²) in [5.74, 6) is 1.53. The molecule has 0 aromatic carbocycles. The van der Waals surface area contributed by atoms with E-state index in [4.69, 9.17) is 0 Å². The lowest BCUT2D eigenvalue weighted by atomic mass is 10.2. The molecular formula is C13H17IN4. The van der Waals surface area contributed by atoms with Crippen molar-refractivity contribution in [2.45, 2.75) is 20.4 Å². The monoisotopic (exact) mass is 356 g/mol. The zero-order valence-corrected chi connectivity index (χ0v) is 12.8. The maximum atomic E-state index is 4.34. The third kappa shape index (κ3) is 3.78. The van der Waals surface area contributed by atoms with Crippen LogP contribution in [0.15, 0.2) is 30.7 Å². The number of pyridine rings is 1. The van der Waals surface area contributed by atoms with E-state index in [0.29, 0.717) is 5.92 Å². The first-order chi connectivity index (χ1) is 8.65. The molecule has 0 saturated heterocycles. The molecule has 0 aliphatic rings. The molecule has 0 aliphatic heterocycles. The molecule has 1 N–H and O–H groups in total. The van der Waals surface area contributed by atoms with E-state index >= 15 is 0 Å². The van der Waals surface area contributed by atoms with Gasteiger partial charge in [0.2, 0.25) is 0 Å². The van der Waals surface area contributed by atoms with Gasteiger partial charge in [-0.2, -0.15) is 5.10 Å². The number of halogens is 1. The fourth-order valence-corrected chi connectivity index (χ4v) is 2.02. The highest BCUT2D eigenvalue weighted by molar-refractivity contribution is 14.1. The van der Waals surface area contributed by atoms with E-state index in [2.05, 4.69) is 57.9 Å². The van der Waals surface area contributed by atoms with E-state index in [1.165, 1.54) is 5.56 Å². The van der Waals surface area contributed by atoms with E-state index < -0.39 is 0 Å². The van der Waals surface area contributed by atoms with Gasteiger partial charge in [0, 0.05) is 18.9 Å². The Labute approximate surface area is 121 Å². The average molecular weight is 356 g/mol. The van der Waals surface area contributed by atoms with Gasteiger partial charge in [0.25, 0.3) is 0 Å². The molecular weight excluding hydrogens is 339 g/mol. The van der Waals surface area contributed by atoms with Gasteiger partial charge >= 0.3 is 0 Å². The van der Waals surface area contributed by atoms with Crippen molar-refractivity contribution in [2.24, 2.45) is 5.92 Å². The molecule has 0 aliphatic carbocycles. The summed E-state index contributed by atoms with van der Waals surface area (Å²) in [6, 6.07) is 4.10. The first-order valence-electron chi connectivity index (χ1n) is 6.01. The normalized spacial score (nSPS) is 11.1. The smallest absolute Gasteiger partial charge is 0.153 e. The second-order valence-corrected chi connectivity index (χ2v) is 5.90. The van der Waals surface area contributed by atoms with Gasteiger partial charge in [-0.15, -0.1) is 0 Å². The molecule has 96 valence electrons. The summed E-state index contributed by atoms with van der Waals surface area (Å²) in [7, 11) is 0. The van der Waals surface area contributed by atoms with Gasteiger partial charge in [-0.25, -0.2) is 9.67 Å². The number of nitrogens with one attached hydrogen (secondary N) is 1. The Morgan fingerprint density at radius 2 is 2.28 bits per heavy atom. The van der Waals surface area contributed by atoms with Crippen LogP contribution in [0.2, 0.25) is 0 Å². The predicted molar refractivity (Wildman–Crippen MR) is 80.6 cm³/mol. The fraction of sp³-hybridized carbons (Fsp3) is 0.385. The molecule has 2 rings (SSSR count). The van der Waals surface area contributed by atoms with E-state index in [-0.39, 0.29) is 0 Å². The lowest BCUT2D eigenvalue weighted by Gasteiger charge is -2.08. The zero-order chi connectivity index (χ0) is 13.0. The van der Waals surface area contributed by atoms with Crippen LogP contribution < -0.4 is 5.32 Å². The Hall–Kier alpha value is -0.950. The molecule has 4 nitrogen and oxygen atoms in total. The van der Waals surface area contributed by atoms with Gasteiger partial charge in [0.15, 0.2) is 5.82 Å². The SMILES string of the molecule is CC(C)CNCc1ccnc(-n2cc(I)cn2)c1. The standard InChI is InChI=1S/C13H17IN4/c1-10(2)6-15-7-11-3-4-16-13(5-11)18-9-12(14)8-17-18/h3-5,8-10,15H,6-7H2,1-2H3. The number of hydrogen-bond donors (Lipinski definition) is 1.